The molecule has 0 bridgehead atoms. The summed E-state index contributed by atoms with van der Waals surface area (Å²) in [5.74, 6) is -0.245. The summed E-state index contributed by atoms with van der Waals surface area (Å²) in [6.07, 6.45) is 4.15. The zero-order chi connectivity index (χ0) is 22.5. The van der Waals surface area contributed by atoms with Crippen LogP contribution in [0.15, 0.2) is 60.9 Å². The topological polar surface area (TPSA) is 104 Å². The number of pyridine rings is 2. The van der Waals surface area contributed by atoms with Gasteiger partial charge in [0.2, 0.25) is 5.91 Å². The van der Waals surface area contributed by atoms with E-state index in [9.17, 15) is 14.3 Å². The van der Waals surface area contributed by atoms with Crippen molar-refractivity contribution in [1.82, 2.24) is 9.97 Å². The van der Waals surface area contributed by atoms with Crippen LogP contribution in [-0.2, 0) is 11.2 Å². The van der Waals surface area contributed by atoms with Crippen LogP contribution in [0.2, 0.25) is 0 Å². The van der Waals surface area contributed by atoms with Gasteiger partial charge in [0.25, 0.3) is 0 Å². The van der Waals surface area contributed by atoms with Gasteiger partial charge >= 0.3 is 0 Å². The molecule has 32 heavy (non-hydrogen) atoms. The standard InChI is InChI=1S/C24H26FN5O2/c25-18-5-1-3-16(13-18)8-11-28-24-20(22(23(26)32)17-4-2-10-27-14-17)6-7-21(29-24)30-12-9-19(31)15-30/h1-7,10,13-14,19,22,31H,8-9,11-12,15H2,(H2,26,32)(H,28,29)/t19-,22?/m0/s1. The van der Waals surface area contributed by atoms with Crippen molar-refractivity contribution in [3.63, 3.8) is 0 Å². The van der Waals surface area contributed by atoms with E-state index in [-0.39, 0.29) is 11.9 Å². The number of β-amino-alcohol motifs (C(OH)–C–C–N with tert-alkyl or cyclic N) is 1. The first-order valence-corrected chi connectivity index (χ1v) is 10.6. The Morgan fingerprint density at radius 1 is 1.28 bits per heavy atom. The number of rotatable bonds is 8. The molecule has 3 heterocycles. The van der Waals surface area contributed by atoms with Crippen LogP contribution in [0.3, 0.4) is 0 Å². The molecule has 1 saturated heterocycles. The van der Waals surface area contributed by atoms with E-state index in [2.05, 4.69) is 10.3 Å². The first kappa shape index (κ1) is 21.7. The van der Waals surface area contributed by atoms with E-state index in [1.165, 1.54) is 12.1 Å². The predicted molar refractivity (Wildman–Crippen MR) is 121 cm³/mol. The molecule has 0 saturated carbocycles. The minimum atomic E-state index is -0.717. The van der Waals surface area contributed by atoms with E-state index in [0.29, 0.717) is 55.2 Å². The zero-order valence-corrected chi connectivity index (χ0v) is 17.6. The van der Waals surface area contributed by atoms with Crippen LogP contribution in [0.25, 0.3) is 0 Å². The normalized spacial score (nSPS) is 16.7. The summed E-state index contributed by atoms with van der Waals surface area (Å²) in [5, 5.41) is 13.2. The van der Waals surface area contributed by atoms with E-state index in [1.807, 2.05) is 29.2 Å². The monoisotopic (exact) mass is 435 g/mol. The molecule has 0 radical (unpaired) electrons. The van der Waals surface area contributed by atoms with Crippen molar-refractivity contribution < 1.29 is 14.3 Å². The molecular formula is C24H26FN5O2. The molecule has 0 aliphatic carbocycles. The van der Waals surface area contributed by atoms with E-state index in [1.54, 1.807) is 24.5 Å². The summed E-state index contributed by atoms with van der Waals surface area (Å²) in [7, 11) is 0. The van der Waals surface area contributed by atoms with Crippen LogP contribution in [0.4, 0.5) is 16.0 Å². The summed E-state index contributed by atoms with van der Waals surface area (Å²) < 4.78 is 13.5. The largest absolute Gasteiger partial charge is 0.391 e. The Balaban J connectivity index is 1.64. The molecule has 0 spiro atoms. The number of hydrogen-bond donors (Lipinski definition) is 3. The van der Waals surface area contributed by atoms with Crippen molar-refractivity contribution in [2.75, 3.05) is 29.9 Å². The number of amides is 1. The molecule has 2 atom stereocenters. The van der Waals surface area contributed by atoms with Gasteiger partial charge in [-0.05, 0) is 48.2 Å². The van der Waals surface area contributed by atoms with Crippen LogP contribution in [0.1, 0.15) is 29.0 Å². The van der Waals surface area contributed by atoms with Crippen molar-refractivity contribution in [2.45, 2.75) is 24.9 Å². The molecule has 1 amide bonds. The fourth-order valence-electron chi connectivity index (χ4n) is 4.02. The van der Waals surface area contributed by atoms with Gasteiger partial charge in [0.15, 0.2) is 0 Å². The summed E-state index contributed by atoms with van der Waals surface area (Å²) in [6, 6.07) is 13.7. The van der Waals surface area contributed by atoms with Crippen LogP contribution < -0.4 is 16.0 Å². The number of hydrogen-bond acceptors (Lipinski definition) is 6. The third-order valence-corrected chi connectivity index (χ3v) is 5.61. The molecule has 8 heteroatoms. The highest BCUT2D eigenvalue weighted by molar-refractivity contribution is 5.87. The summed E-state index contributed by atoms with van der Waals surface area (Å²) >= 11 is 0. The first-order chi connectivity index (χ1) is 15.5. The van der Waals surface area contributed by atoms with Gasteiger partial charge in [-0.3, -0.25) is 9.78 Å². The minimum Gasteiger partial charge on any atom is -0.391 e. The maximum Gasteiger partial charge on any atom is 0.229 e. The number of carbonyl (C=O) groups excluding carboxylic acids is 1. The van der Waals surface area contributed by atoms with Crippen LogP contribution in [0, 0.1) is 5.82 Å². The second-order valence-corrected chi connectivity index (χ2v) is 7.92. The Kier molecular flexibility index (Phi) is 6.61. The maximum absolute atomic E-state index is 13.5. The Bertz CT molecular complexity index is 1080. The number of nitrogens with zero attached hydrogens (tertiary/aromatic N) is 3. The van der Waals surface area contributed by atoms with Gasteiger partial charge in [-0.25, -0.2) is 9.37 Å². The van der Waals surface area contributed by atoms with Crippen LogP contribution in [0.5, 0.6) is 0 Å². The van der Waals surface area contributed by atoms with Crippen molar-refractivity contribution >= 4 is 17.5 Å². The molecule has 2 aromatic heterocycles. The van der Waals surface area contributed by atoms with E-state index in [0.717, 1.165) is 5.56 Å². The third-order valence-electron chi connectivity index (χ3n) is 5.61. The molecule has 1 aliphatic rings. The predicted octanol–water partition coefficient (Wildman–Crippen LogP) is 2.46. The molecule has 4 rings (SSSR count). The Labute approximate surface area is 186 Å². The molecule has 4 N–H and O–H groups in total. The Hall–Kier alpha value is -3.52. The first-order valence-electron chi connectivity index (χ1n) is 10.6. The van der Waals surface area contributed by atoms with Gasteiger partial charge < -0.3 is 21.1 Å². The van der Waals surface area contributed by atoms with E-state index < -0.39 is 11.8 Å². The fraction of sp³-hybridized carbons (Fsp3) is 0.292. The number of nitrogens with one attached hydrogen (secondary N) is 1. The number of benzene rings is 1. The number of halogens is 1. The third kappa shape index (κ3) is 5.03. The number of primary amides is 1. The van der Waals surface area contributed by atoms with Gasteiger partial charge in [0.05, 0.1) is 12.0 Å². The van der Waals surface area contributed by atoms with Crippen molar-refractivity contribution in [2.24, 2.45) is 5.73 Å². The zero-order valence-electron chi connectivity index (χ0n) is 17.6. The van der Waals surface area contributed by atoms with Gasteiger partial charge in [-0.2, -0.15) is 0 Å². The number of aliphatic hydroxyl groups excluding tert-OH is 1. The molecule has 1 aromatic carbocycles. The number of aromatic nitrogens is 2. The number of aliphatic hydroxyl groups is 1. The lowest BCUT2D eigenvalue weighted by Gasteiger charge is -2.22. The second-order valence-electron chi connectivity index (χ2n) is 7.92. The molecule has 1 aliphatic heterocycles. The smallest absolute Gasteiger partial charge is 0.229 e. The molecule has 166 valence electrons. The van der Waals surface area contributed by atoms with Crippen LogP contribution >= 0.6 is 0 Å². The van der Waals surface area contributed by atoms with Gasteiger partial charge in [-0.15, -0.1) is 0 Å². The van der Waals surface area contributed by atoms with Gasteiger partial charge in [-0.1, -0.05) is 24.3 Å². The Morgan fingerprint density at radius 3 is 2.84 bits per heavy atom. The lowest BCUT2D eigenvalue weighted by atomic mass is 9.92. The molecule has 3 aromatic rings. The maximum atomic E-state index is 13.5. The quantitative estimate of drug-likeness (QED) is 0.502. The van der Waals surface area contributed by atoms with Crippen molar-refractivity contribution in [3.05, 3.63) is 83.4 Å². The number of anilines is 2. The fourth-order valence-corrected chi connectivity index (χ4v) is 4.02. The van der Waals surface area contributed by atoms with Crippen LogP contribution in [-0.4, -0.2) is 46.7 Å². The highest BCUT2D eigenvalue weighted by Gasteiger charge is 2.27. The molecule has 1 unspecified atom stereocenters. The summed E-state index contributed by atoms with van der Waals surface area (Å²) in [5.41, 5.74) is 7.96. The second kappa shape index (κ2) is 9.74. The minimum absolute atomic E-state index is 0.277. The average Bonchev–Trinajstić information content (AvgIpc) is 3.22. The molecule has 1 fully saturated rings. The average molecular weight is 436 g/mol. The lowest BCUT2D eigenvalue weighted by Crippen LogP contribution is -2.26. The lowest BCUT2D eigenvalue weighted by molar-refractivity contribution is -0.118. The van der Waals surface area contributed by atoms with Gasteiger partial charge in [0, 0.05) is 37.6 Å². The SMILES string of the molecule is NC(=O)C(c1cccnc1)c1ccc(N2CC[C@H](O)C2)nc1NCCc1cccc(F)c1. The number of nitrogens with two attached hydrogens (primary N) is 1. The van der Waals surface area contributed by atoms with Crippen molar-refractivity contribution in [3.8, 4) is 0 Å². The molecular weight excluding hydrogens is 409 g/mol. The molecule has 7 nitrogen and oxygen atoms in total. The van der Waals surface area contributed by atoms with Gasteiger partial charge in [0.1, 0.15) is 17.5 Å². The van der Waals surface area contributed by atoms with E-state index in [4.69, 9.17) is 10.7 Å². The Morgan fingerprint density at radius 2 is 2.16 bits per heavy atom. The van der Waals surface area contributed by atoms with E-state index >= 15 is 0 Å². The summed E-state index contributed by atoms with van der Waals surface area (Å²) in [6.45, 7) is 1.71. The number of carbonyl (C=O) groups is 1. The van der Waals surface area contributed by atoms with Crippen molar-refractivity contribution in [1.29, 1.82) is 0 Å². The summed E-state index contributed by atoms with van der Waals surface area (Å²) in [4.78, 5) is 23.3. The highest BCUT2D eigenvalue weighted by Crippen LogP contribution is 2.31. The highest BCUT2D eigenvalue weighted by atomic mass is 19.1.